The second kappa shape index (κ2) is 10.4. The van der Waals surface area contributed by atoms with Gasteiger partial charge in [0.25, 0.3) is 0 Å². The van der Waals surface area contributed by atoms with Gasteiger partial charge in [-0.15, -0.1) is 10.2 Å². The van der Waals surface area contributed by atoms with Gasteiger partial charge < -0.3 is 4.74 Å². The summed E-state index contributed by atoms with van der Waals surface area (Å²) < 4.78 is 34.1. The highest BCUT2D eigenvalue weighted by molar-refractivity contribution is 7.99. The van der Waals surface area contributed by atoms with E-state index in [-0.39, 0.29) is 29.7 Å². The van der Waals surface area contributed by atoms with Crippen LogP contribution in [0.15, 0.2) is 78.0 Å². The Morgan fingerprint density at radius 2 is 1.76 bits per heavy atom. The Balaban J connectivity index is 1.53. The number of hydrogen-bond acceptors (Lipinski definition) is 6. The van der Waals surface area contributed by atoms with Crippen molar-refractivity contribution in [1.29, 1.82) is 0 Å². The fourth-order valence-corrected chi connectivity index (χ4v) is 4.53. The minimum atomic E-state index is -0.546. The number of hydrogen-bond donors (Lipinski definition) is 0. The topological polar surface area (TPSA) is 83.1 Å². The van der Waals surface area contributed by atoms with Gasteiger partial charge in [-0.25, -0.2) is 8.78 Å². The van der Waals surface area contributed by atoms with E-state index in [0.29, 0.717) is 33.5 Å². The third kappa shape index (κ3) is 5.76. The molecule has 0 aliphatic rings. The Bertz CT molecular complexity index is 1280. The molecule has 0 radical (unpaired) electrons. The molecule has 34 heavy (non-hydrogen) atoms. The molecule has 0 aliphatic heterocycles. The smallest absolute Gasteiger partial charge is 0.220 e. The quantitative estimate of drug-likeness (QED) is 0.177. The van der Waals surface area contributed by atoms with Gasteiger partial charge in [-0.1, -0.05) is 36.0 Å². The summed E-state index contributed by atoms with van der Waals surface area (Å²) in [6.45, 7) is 1.63. The van der Waals surface area contributed by atoms with Crippen molar-refractivity contribution < 1.29 is 18.4 Å². The van der Waals surface area contributed by atoms with Gasteiger partial charge in [-0.05, 0) is 66.6 Å². The predicted octanol–water partition coefficient (Wildman–Crippen LogP) is 5.54. The van der Waals surface area contributed by atoms with Crippen molar-refractivity contribution in [2.45, 2.75) is 23.9 Å². The van der Waals surface area contributed by atoms with Crippen LogP contribution in [0.3, 0.4) is 0 Å². The monoisotopic (exact) mass is 482 g/mol. The van der Waals surface area contributed by atoms with Gasteiger partial charge in [0.15, 0.2) is 5.16 Å². The first-order valence-corrected chi connectivity index (χ1v) is 11.2. The average molecular weight is 483 g/mol. The van der Waals surface area contributed by atoms with Crippen molar-refractivity contribution in [1.82, 2.24) is 14.8 Å². The molecule has 1 aromatic heterocycles. The molecule has 0 amide bonds. The Labute approximate surface area is 198 Å². The lowest BCUT2D eigenvalue weighted by molar-refractivity contribution is -0.479. The molecular formula is C24H20F2N4O3S. The minimum Gasteiger partial charge on any atom is -0.489 e. The number of halogens is 2. The van der Waals surface area contributed by atoms with E-state index in [0.717, 1.165) is 0 Å². The van der Waals surface area contributed by atoms with Gasteiger partial charge in [0.2, 0.25) is 6.54 Å². The summed E-state index contributed by atoms with van der Waals surface area (Å²) in [5.74, 6) is 0.438. The molecular weight excluding hydrogens is 462 g/mol. The van der Waals surface area contributed by atoms with Gasteiger partial charge in [0.1, 0.15) is 35.1 Å². The highest BCUT2D eigenvalue weighted by Gasteiger charge is 2.24. The van der Waals surface area contributed by atoms with Crippen molar-refractivity contribution in [3.05, 3.63) is 111 Å². The number of rotatable bonds is 9. The van der Waals surface area contributed by atoms with Crippen LogP contribution in [0.5, 0.6) is 5.75 Å². The van der Waals surface area contributed by atoms with Crippen molar-refractivity contribution in [3.8, 4) is 11.4 Å². The lowest BCUT2D eigenvalue weighted by Crippen LogP contribution is -2.11. The Kier molecular flexibility index (Phi) is 7.17. The Morgan fingerprint density at radius 3 is 2.44 bits per heavy atom. The van der Waals surface area contributed by atoms with Crippen LogP contribution in [0.2, 0.25) is 0 Å². The molecule has 7 nitrogen and oxygen atoms in total. The summed E-state index contributed by atoms with van der Waals surface area (Å²) in [5.41, 5.74) is 2.07. The maximum absolute atomic E-state index is 13.4. The van der Waals surface area contributed by atoms with E-state index in [1.54, 1.807) is 60.0 Å². The number of benzene rings is 3. The summed E-state index contributed by atoms with van der Waals surface area (Å²) in [7, 11) is 0. The van der Waals surface area contributed by atoms with Crippen LogP contribution in [-0.4, -0.2) is 26.2 Å². The number of aryl methyl sites for hydroxylation is 1. The highest BCUT2D eigenvalue weighted by Crippen LogP contribution is 2.36. The van der Waals surface area contributed by atoms with E-state index < -0.39 is 5.25 Å². The van der Waals surface area contributed by atoms with Gasteiger partial charge in [0.05, 0.1) is 0 Å². The second-order valence-electron chi connectivity index (χ2n) is 7.45. The first kappa shape index (κ1) is 23.4. The predicted molar refractivity (Wildman–Crippen MR) is 124 cm³/mol. The van der Waals surface area contributed by atoms with Crippen LogP contribution >= 0.6 is 11.8 Å². The average Bonchev–Trinajstić information content (AvgIpc) is 3.18. The van der Waals surface area contributed by atoms with E-state index in [9.17, 15) is 18.9 Å². The standard InChI is InChI=1S/C24H20F2N4O3S/c1-16-27-28-24(30(16)21-9-7-19(25)8-10-21)34-23(14-29(31)32)18-5-11-22(12-6-18)33-15-17-3-2-4-20(26)13-17/h2-13,23H,14-15H2,1H3/t23-/m1/s1. The van der Waals surface area contributed by atoms with Crippen molar-refractivity contribution in [3.63, 3.8) is 0 Å². The van der Waals surface area contributed by atoms with Crippen LogP contribution in [0, 0.1) is 28.7 Å². The summed E-state index contributed by atoms with van der Waals surface area (Å²) >= 11 is 1.21. The lowest BCUT2D eigenvalue weighted by atomic mass is 10.1. The minimum absolute atomic E-state index is 0.199. The van der Waals surface area contributed by atoms with Crippen LogP contribution in [-0.2, 0) is 6.61 Å². The van der Waals surface area contributed by atoms with E-state index in [1.807, 2.05) is 0 Å². The first-order valence-electron chi connectivity index (χ1n) is 10.3. The largest absolute Gasteiger partial charge is 0.489 e. The number of thioether (sulfide) groups is 1. The molecule has 0 N–H and O–H groups in total. The molecule has 0 aliphatic carbocycles. The normalized spacial score (nSPS) is 11.9. The molecule has 4 aromatic rings. The van der Waals surface area contributed by atoms with Crippen molar-refractivity contribution in [2.24, 2.45) is 0 Å². The van der Waals surface area contributed by atoms with Gasteiger partial charge >= 0.3 is 0 Å². The van der Waals surface area contributed by atoms with E-state index in [1.165, 1.54) is 36.0 Å². The maximum atomic E-state index is 13.4. The van der Waals surface area contributed by atoms with Crippen LogP contribution in [0.4, 0.5) is 8.78 Å². The zero-order valence-electron chi connectivity index (χ0n) is 18.1. The highest BCUT2D eigenvalue weighted by atomic mass is 32.2. The number of nitro groups is 1. The number of ether oxygens (including phenoxy) is 1. The molecule has 0 bridgehead atoms. The third-order valence-electron chi connectivity index (χ3n) is 4.99. The third-order valence-corrected chi connectivity index (χ3v) is 6.17. The van der Waals surface area contributed by atoms with E-state index in [4.69, 9.17) is 4.74 Å². The Hall–Kier alpha value is -3.79. The lowest BCUT2D eigenvalue weighted by Gasteiger charge is -2.15. The van der Waals surface area contributed by atoms with Crippen LogP contribution in [0.25, 0.3) is 5.69 Å². The van der Waals surface area contributed by atoms with Gasteiger partial charge in [-0.2, -0.15) is 0 Å². The van der Waals surface area contributed by atoms with Crippen LogP contribution < -0.4 is 4.74 Å². The second-order valence-corrected chi connectivity index (χ2v) is 8.62. The molecule has 10 heteroatoms. The number of nitrogens with zero attached hydrogens (tertiary/aromatic N) is 4. The summed E-state index contributed by atoms with van der Waals surface area (Å²) in [6.07, 6.45) is 0. The Morgan fingerprint density at radius 1 is 1.03 bits per heavy atom. The van der Waals surface area contributed by atoms with Gasteiger partial charge in [0, 0.05) is 10.6 Å². The zero-order valence-corrected chi connectivity index (χ0v) is 18.9. The summed E-state index contributed by atoms with van der Waals surface area (Å²) in [4.78, 5) is 11.0. The fourth-order valence-electron chi connectivity index (χ4n) is 3.35. The molecule has 0 unspecified atom stereocenters. The fraction of sp³-hybridized carbons (Fsp3) is 0.167. The van der Waals surface area contributed by atoms with Crippen molar-refractivity contribution >= 4 is 11.8 Å². The molecule has 3 aromatic carbocycles. The zero-order chi connectivity index (χ0) is 24.1. The molecule has 1 heterocycles. The number of aromatic nitrogens is 3. The molecule has 174 valence electrons. The molecule has 0 spiro atoms. The molecule has 1 atom stereocenters. The summed E-state index contributed by atoms with van der Waals surface area (Å²) in [6, 6.07) is 19.0. The van der Waals surface area contributed by atoms with Gasteiger partial charge in [-0.3, -0.25) is 14.7 Å². The SMILES string of the molecule is Cc1nnc(S[C@H](C[N+](=O)[O-])c2ccc(OCc3cccc(F)c3)cc2)n1-c1ccc(F)cc1. The summed E-state index contributed by atoms with van der Waals surface area (Å²) in [5, 5.41) is 19.6. The first-order chi connectivity index (χ1) is 16.4. The van der Waals surface area contributed by atoms with Crippen molar-refractivity contribution in [2.75, 3.05) is 6.54 Å². The van der Waals surface area contributed by atoms with Crippen LogP contribution in [0.1, 0.15) is 22.2 Å². The van der Waals surface area contributed by atoms with E-state index >= 15 is 0 Å². The molecule has 4 rings (SSSR count). The van der Waals surface area contributed by atoms with E-state index in [2.05, 4.69) is 10.2 Å². The maximum Gasteiger partial charge on any atom is 0.220 e. The molecule has 0 fully saturated rings. The molecule has 0 saturated heterocycles. The molecule has 0 saturated carbocycles.